The van der Waals surface area contributed by atoms with Gasteiger partial charge in [-0.2, -0.15) is 0 Å². The van der Waals surface area contributed by atoms with Crippen LogP contribution >= 0.6 is 0 Å². The first-order chi connectivity index (χ1) is 5.79. The lowest BCUT2D eigenvalue weighted by molar-refractivity contribution is 0.00732. The Morgan fingerprint density at radius 1 is 1.58 bits per heavy atom. The normalized spacial score (nSPS) is 22.8. The molecule has 0 bridgehead atoms. The smallest absolute Gasteiger partial charge is 0.127 e. The number of nitrogens with zero attached hydrogens (tertiary/aromatic N) is 1. The average molecular weight is 167 g/mol. The fourth-order valence-corrected chi connectivity index (χ4v) is 1.57. The Bertz CT molecular complexity index is 267. The van der Waals surface area contributed by atoms with Crippen LogP contribution in [0.3, 0.4) is 0 Å². The van der Waals surface area contributed by atoms with Crippen LogP contribution in [0.25, 0.3) is 0 Å². The zero-order valence-corrected chi connectivity index (χ0v) is 7.41. The molecule has 0 saturated heterocycles. The molecule has 0 N–H and O–H groups in total. The summed E-state index contributed by atoms with van der Waals surface area (Å²) >= 11 is 0. The minimum absolute atomic E-state index is 0.132. The molecule has 1 aromatic rings. The summed E-state index contributed by atoms with van der Waals surface area (Å²) in [6.07, 6.45) is 2.79. The molecule has 0 radical (unpaired) electrons. The first-order valence-electron chi connectivity index (χ1n) is 4.34. The fraction of sp³-hybridized carbons (Fsp3) is 0.667. The number of aromatic nitrogens is 1. The minimum atomic E-state index is 0.132. The summed E-state index contributed by atoms with van der Waals surface area (Å²) in [7, 11) is 0. The molecule has 3 nitrogen and oxygen atoms in total. The highest BCUT2D eigenvalue weighted by Gasteiger charge is 2.26. The van der Waals surface area contributed by atoms with Crippen molar-refractivity contribution in [2.75, 3.05) is 6.61 Å². The van der Waals surface area contributed by atoms with Gasteiger partial charge >= 0.3 is 0 Å². The van der Waals surface area contributed by atoms with Crippen molar-refractivity contribution >= 4 is 0 Å². The zero-order chi connectivity index (χ0) is 8.55. The maximum absolute atomic E-state index is 5.60. The first-order valence-corrected chi connectivity index (χ1v) is 4.34. The lowest BCUT2D eigenvalue weighted by Crippen LogP contribution is -2.19. The van der Waals surface area contributed by atoms with Crippen LogP contribution in [0.1, 0.15) is 31.2 Å². The molecule has 1 aliphatic rings. The Morgan fingerprint density at radius 2 is 2.42 bits per heavy atom. The van der Waals surface area contributed by atoms with Crippen LogP contribution in [0.2, 0.25) is 0 Å². The van der Waals surface area contributed by atoms with Gasteiger partial charge in [0.15, 0.2) is 0 Å². The molecule has 1 aromatic heterocycles. The monoisotopic (exact) mass is 167 g/mol. The molecule has 2 rings (SSSR count). The quantitative estimate of drug-likeness (QED) is 0.641. The van der Waals surface area contributed by atoms with Gasteiger partial charge in [-0.15, -0.1) is 0 Å². The number of ether oxygens (including phenoxy) is 1. The second-order valence-electron chi connectivity index (χ2n) is 3.51. The van der Waals surface area contributed by atoms with Crippen LogP contribution < -0.4 is 0 Å². The Labute approximate surface area is 71.7 Å². The molecule has 1 aliphatic heterocycles. The molecule has 0 fully saturated rings. The van der Waals surface area contributed by atoms with Crippen molar-refractivity contribution in [1.29, 1.82) is 0 Å². The third-order valence-electron chi connectivity index (χ3n) is 2.22. The Morgan fingerprint density at radius 3 is 3.17 bits per heavy atom. The number of hydrogen-bond donors (Lipinski definition) is 0. The summed E-state index contributed by atoms with van der Waals surface area (Å²) in [4.78, 5) is 0. The summed E-state index contributed by atoms with van der Waals surface area (Å²) in [6, 6.07) is 0. The summed E-state index contributed by atoms with van der Waals surface area (Å²) in [5, 5.41) is 3.96. The van der Waals surface area contributed by atoms with Gasteiger partial charge in [-0.25, -0.2) is 0 Å². The van der Waals surface area contributed by atoms with E-state index < -0.39 is 0 Å². The maximum atomic E-state index is 5.60. The Hall–Kier alpha value is -0.830. The summed E-state index contributed by atoms with van der Waals surface area (Å²) < 4.78 is 10.5. The predicted molar refractivity (Wildman–Crippen MR) is 43.7 cm³/mol. The molecule has 0 spiro atoms. The molecular weight excluding hydrogens is 154 g/mol. The molecule has 3 heteroatoms. The molecule has 0 amide bonds. The van der Waals surface area contributed by atoms with Crippen molar-refractivity contribution in [3.8, 4) is 0 Å². The summed E-state index contributed by atoms with van der Waals surface area (Å²) in [6.45, 7) is 5.06. The van der Waals surface area contributed by atoms with Crippen molar-refractivity contribution in [2.45, 2.75) is 26.4 Å². The van der Waals surface area contributed by atoms with Crippen molar-refractivity contribution in [3.63, 3.8) is 0 Å². The highest BCUT2D eigenvalue weighted by Crippen LogP contribution is 2.31. The van der Waals surface area contributed by atoms with Crippen LogP contribution in [0.15, 0.2) is 10.8 Å². The number of fused-ring (bicyclic) bond motifs is 1. The van der Waals surface area contributed by atoms with Crippen LogP contribution in [0, 0.1) is 5.92 Å². The molecular formula is C9H13NO2. The maximum Gasteiger partial charge on any atom is 0.127 e. The van der Waals surface area contributed by atoms with Gasteiger partial charge in [0, 0.05) is 12.0 Å². The number of hydrogen-bond acceptors (Lipinski definition) is 3. The highest BCUT2D eigenvalue weighted by atomic mass is 16.5. The molecule has 0 aliphatic carbocycles. The number of rotatable bonds is 1. The predicted octanol–water partition coefficient (Wildman–Crippen LogP) is 1.94. The largest absolute Gasteiger partial charge is 0.371 e. The lowest BCUT2D eigenvalue weighted by atomic mass is 9.98. The van der Waals surface area contributed by atoms with E-state index in [9.17, 15) is 0 Å². The van der Waals surface area contributed by atoms with E-state index >= 15 is 0 Å². The van der Waals surface area contributed by atoms with Gasteiger partial charge in [0.05, 0.1) is 6.61 Å². The molecule has 12 heavy (non-hydrogen) atoms. The second-order valence-corrected chi connectivity index (χ2v) is 3.51. The Kier molecular flexibility index (Phi) is 1.89. The van der Waals surface area contributed by atoms with Gasteiger partial charge in [0.1, 0.15) is 18.1 Å². The van der Waals surface area contributed by atoms with Gasteiger partial charge in [-0.05, 0) is 5.92 Å². The van der Waals surface area contributed by atoms with Crippen molar-refractivity contribution in [2.24, 2.45) is 5.92 Å². The van der Waals surface area contributed by atoms with Crippen LogP contribution in [0.5, 0.6) is 0 Å². The van der Waals surface area contributed by atoms with E-state index in [1.807, 2.05) is 0 Å². The van der Waals surface area contributed by atoms with E-state index in [4.69, 9.17) is 9.26 Å². The van der Waals surface area contributed by atoms with Gasteiger partial charge in [-0.3, -0.25) is 0 Å². The van der Waals surface area contributed by atoms with Crippen LogP contribution in [-0.2, 0) is 11.2 Å². The van der Waals surface area contributed by atoms with Crippen molar-refractivity contribution < 1.29 is 9.26 Å². The lowest BCUT2D eigenvalue weighted by Gasteiger charge is -2.24. The van der Waals surface area contributed by atoms with Crippen LogP contribution in [-0.4, -0.2) is 11.8 Å². The van der Waals surface area contributed by atoms with Gasteiger partial charge in [0.2, 0.25) is 0 Å². The van der Waals surface area contributed by atoms with Crippen molar-refractivity contribution in [1.82, 2.24) is 5.16 Å². The topological polar surface area (TPSA) is 35.3 Å². The van der Waals surface area contributed by atoms with Crippen molar-refractivity contribution in [3.05, 3.63) is 17.5 Å². The SMILES string of the molecule is CC(C)[C@@H]1OCCc2conc21. The summed E-state index contributed by atoms with van der Waals surface area (Å²) in [5.41, 5.74) is 2.20. The highest BCUT2D eigenvalue weighted by molar-refractivity contribution is 5.19. The molecule has 1 atom stereocenters. The van der Waals surface area contributed by atoms with Gasteiger partial charge < -0.3 is 9.26 Å². The van der Waals surface area contributed by atoms with E-state index in [2.05, 4.69) is 19.0 Å². The van der Waals surface area contributed by atoms with E-state index in [0.29, 0.717) is 5.92 Å². The van der Waals surface area contributed by atoms with Gasteiger partial charge in [-0.1, -0.05) is 19.0 Å². The molecule has 0 unspecified atom stereocenters. The fourth-order valence-electron chi connectivity index (χ4n) is 1.57. The summed E-state index contributed by atoms with van der Waals surface area (Å²) in [5.74, 6) is 0.467. The standard InChI is InChI=1S/C9H13NO2/c1-6(2)9-8-7(3-4-11-9)5-12-10-8/h5-6,9H,3-4H2,1-2H3/t9-/m0/s1. The molecule has 0 aromatic carbocycles. The third kappa shape index (κ3) is 1.14. The average Bonchev–Trinajstić information content (AvgIpc) is 2.49. The van der Waals surface area contributed by atoms with Crippen LogP contribution in [0.4, 0.5) is 0 Å². The second kappa shape index (κ2) is 2.90. The van der Waals surface area contributed by atoms with E-state index in [1.54, 1.807) is 6.26 Å². The third-order valence-corrected chi connectivity index (χ3v) is 2.22. The van der Waals surface area contributed by atoms with E-state index in [-0.39, 0.29) is 6.10 Å². The molecule has 0 saturated carbocycles. The molecule has 66 valence electrons. The first kappa shape index (κ1) is 7.80. The Balaban J connectivity index is 2.31. The van der Waals surface area contributed by atoms with Gasteiger partial charge in [0.25, 0.3) is 0 Å². The van der Waals surface area contributed by atoms with E-state index in [0.717, 1.165) is 18.7 Å². The minimum Gasteiger partial charge on any atom is -0.371 e. The zero-order valence-electron chi connectivity index (χ0n) is 7.41. The molecule has 2 heterocycles. The van der Waals surface area contributed by atoms with E-state index in [1.165, 1.54) is 5.56 Å².